The fraction of sp³-hybridized carbons (Fsp3) is 0.412. The lowest BCUT2D eigenvalue weighted by molar-refractivity contribution is 0.484. The van der Waals surface area contributed by atoms with Gasteiger partial charge in [-0.1, -0.05) is 43.5 Å². The molecule has 0 aliphatic heterocycles. The molecule has 1 heterocycles. The average molecular weight is 326 g/mol. The molecular weight excluding hydrogens is 305 g/mol. The Kier molecular flexibility index (Phi) is 6.68. The number of unbranched alkanes of at least 4 members (excludes halogenated alkanes) is 1. The molecule has 2 rings (SSSR count). The van der Waals surface area contributed by atoms with Crippen molar-refractivity contribution in [2.24, 2.45) is 0 Å². The second-order valence-electron chi connectivity index (χ2n) is 5.16. The molecule has 0 aliphatic carbocycles. The van der Waals surface area contributed by atoms with Gasteiger partial charge >= 0.3 is 0 Å². The van der Waals surface area contributed by atoms with Gasteiger partial charge in [0.1, 0.15) is 5.82 Å². The molecule has 4 heteroatoms. The van der Waals surface area contributed by atoms with Crippen LogP contribution in [-0.4, -0.2) is 6.54 Å². The fourth-order valence-electron chi connectivity index (χ4n) is 2.35. The Hall–Kier alpha value is -0.900. The lowest BCUT2D eigenvalue weighted by atomic mass is 10.0. The van der Waals surface area contributed by atoms with Crippen LogP contribution in [-0.2, 0) is 6.42 Å². The molecule has 0 saturated heterocycles. The minimum atomic E-state index is -0.179. The van der Waals surface area contributed by atoms with Crippen LogP contribution in [0.4, 0.5) is 4.39 Å². The Bertz CT molecular complexity index is 538. The summed E-state index contributed by atoms with van der Waals surface area (Å²) in [7, 11) is 0. The maximum atomic E-state index is 13.0. The van der Waals surface area contributed by atoms with Crippen molar-refractivity contribution in [3.8, 4) is 0 Å². The van der Waals surface area contributed by atoms with Crippen LogP contribution in [0.2, 0.25) is 4.34 Å². The molecule has 2 aromatic rings. The van der Waals surface area contributed by atoms with Gasteiger partial charge in [0.05, 0.1) is 4.34 Å². The first-order chi connectivity index (χ1) is 10.2. The van der Waals surface area contributed by atoms with Crippen molar-refractivity contribution in [3.05, 3.63) is 57.0 Å². The Morgan fingerprint density at radius 1 is 1.19 bits per heavy atom. The molecule has 0 fully saturated rings. The monoisotopic (exact) mass is 325 g/mol. The number of thiophene rings is 1. The van der Waals surface area contributed by atoms with Gasteiger partial charge in [0.25, 0.3) is 0 Å². The van der Waals surface area contributed by atoms with Crippen molar-refractivity contribution in [1.82, 2.24) is 5.32 Å². The van der Waals surface area contributed by atoms with Gasteiger partial charge in [-0.2, -0.15) is 0 Å². The second kappa shape index (κ2) is 8.52. The minimum Gasteiger partial charge on any atom is -0.310 e. The van der Waals surface area contributed by atoms with E-state index in [9.17, 15) is 4.39 Å². The summed E-state index contributed by atoms with van der Waals surface area (Å²) >= 11 is 7.57. The molecule has 1 aromatic carbocycles. The Morgan fingerprint density at radius 3 is 2.57 bits per heavy atom. The van der Waals surface area contributed by atoms with Crippen molar-refractivity contribution in [1.29, 1.82) is 0 Å². The van der Waals surface area contributed by atoms with E-state index in [-0.39, 0.29) is 5.82 Å². The number of hydrogen-bond acceptors (Lipinski definition) is 2. The smallest absolute Gasteiger partial charge is 0.123 e. The maximum Gasteiger partial charge on any atom is 0.123 e. The zero-order chi connectivity index (χ0) is 15.1. The van der Waals surface area contributed by atoms with Crippen molar-refractivity contribution < 1.29 is 4.39 Å². The molecule has 0 spiro atoms. The molecule has 0 radical (unpaired) electrons. The number of hydrogen-bond donors (Lipinski definition) is 1. The molecule has 0 saturated carbocycles. The number of halogens is 2. The van der Waals surface area contributed by atoms with Crippen LogP contribution < -0.4 is 5.32 Å². The third kappa shape index (κ3) is 5.42. The fourth-order valence-corrected chi connectivity index (χ4v) is 3.43. The highest BCUT2D eigenvalue weighted by Crippen LogP contribution is 2.23. The van der Waals surface area contributed by atoms with E-state index in [1.807, 2.05) is 18.2 Å². The van der Waals surface area contributed by atoms with Gasteiger partial charge in [0.2, 0.25) is 0 Å². The molecule has 0 bridgehead atoms. The van der Waals surface area contributed by atoms with Crippen LogP contribution in [0, 0.1) is 5.82 Å². The molecule has 0 aliphatic rings. The molecule has 1 atom stereocenters. The summed E-state index contributed by atoms with van der Waals surface area (Å²) in [6.45, 7) is 3.10. The van der Waals surface area contributed by atoms with Crippen LogP contribution in [0.5, 0.6) is 0 Å². The summed E-state index contributed by atoms with van der Waals surface area (Å²) in [4.78, 5) is 1.29. The number of rotatable bonds is 8. The summed E-state index contributed by atoms with van der Waals surface area (Å²) in [6, 6.07) is 11.1. The Morgan fingerprint density at radius 2 is 1.95 bits per heavy atom. The molecule has 0 amide bonds. The Labute approximate surface area is 135 Å². The zero-order valence-corrected chi connectivity index (χ0v) is 13.8. The lowest BCUT2D eigenvalue weighted by Gasteiger charge is -2.19. The van der Waals surface area contributed by atoms with Gasteiger partial charge in [0, 0.05) is 17.5 Å². The third-order valence-corrected chi connectivity index (χ3v) is 4.80. The quantitative estimate of drug-likeness (QED) is 0.665. The van der Waals surface area contributed by atoms with E-state index >= 15 is 0 Å². The first-order valence-corrected chi connectivity index (χ1v) is 8.61. The molecule has 1 unspecified atom stereocenters. The van der Waals surface area contributed by atoms with Gasteiger partial charge < -0.3 is 5.32 Å². The molecule has 21 heavy (non-hydrogen) atoms. The van der Waals surface area contributed by atoms with Crippen LogP contribution in [0.15, 0.2) is 36.4 Å². The topological polar surface area (TPSA) is 12.0 Å². The summed E-state index contributed by atoms with van der Waals surface area (Å²) in [5.41, 5.74) is 1.16. The first kappa shape index (κ1) is 16.5. The van der Waals surface area contributed by atoms with Gasteiger partial charge in [0.15, 0.2) is 0 Å². The van der Waals surface area contributed by atoms with Crippen LogP contribution >= 0.6 is 22.9 Å². The van der Waals surface area contributed by atoms with Crippen molar-refractivity contribution in [2.45, 2.75) is 38.6 Å². The molecule has 1 N–H and O–H groups in total. The molecule has 1 nitrogen and oxygen atoms in total. The van der Waals surface area contributed by atoms with E-state index < -0.39 is 0 Å². The van der Waals surface area contributed by atoms with Gasteiger partial charge in [-0.3, -0.25) is 0 Å². The van der Waals surface area contributed by atoms with E-state index in [0.717, 1.165) is 29.3 Å². The summed E-state index contributed by atoms with van der Waals surface area (Å²) in [5, 5.41) is 3.59. The minimum absolute atomic E-state index is 0.179. The Balaban J connectivity index is 1.91. The van der Waals surface area contributed by atoms with Gasteiger partial charge in [-0.15, -0.1) is 11.3 Å². The van der Waals surface area contributed by atoms with Crippen LogP contribution in [0.3, 0.4) is 0 Å². The number of benzene rings is 1. The summed E-state index contributed by atoms with van der Waals surface area (Å²) < 4.78 is 13.9. The lowest BCUT2D eigenvalue weighted by Crippen LogP contribution is -2.23. The summed E-state index contributed by atoms with van der Waals surface area (Å²) in [5.74, 6) is -0.179. The van der Waals surface area contributed by atoms with E-state index in [4.69, 9.17) is 11.6 Å². The highest BCUT2D eigenvalue weighted by Gasteiger charge is 2.10. The predicted molar refractivity (Wildman–Crippen MR) is 89.7 cm³/mol. The molecule has 1 aromatic heterocycles. The highest BCUT2D eigenvalue weighted by molar-refractivity contribution is 7.16. The van der Waals surface area contributed by atoms with E-state index in [2.05, 4.69) is 18.3 Å². The van der Waals surface area contributed by atoms with E-state index in [1.54, 1.807) is 11.3 Å². The van der Waals surface area contributed by atoms with Crippen molar-refractivity contribution in [2.75, 3.05) is 6.54 Å². The SMILES string of the molecule is CCCCC(NCCc1ccc(Cl)s1)c1ccc(F)cc1. The maximum absolute atomic E-state index is 13.0. The van der Waals surface area contributed by atoms with Gasteiger partial charge in [-0.25, -0.2) is 4.39 Å². The van der Waals surface area contributed by atoms with Crippen molar-refractivity contribution >= 4 is 22.9 Å². The third-order valence-electron chi connectivity index (χ3n) is 3.51. The normalized spacial score (nSPS) is 12.5. The standard InChI is InChI=1S/C17H21ClFNS/c1-2-3-4-16(13-5-7-14(19)8-6-13)20-12-11-15-9-10-17(18)21-15/h5-10,16,20H,2-4,11-12H2,1H3. The van der Waals surface area contributed by atoms with Crippen LogP contribution in [0.25, 0.3) is 0 Å². The predicted octanol–water partition coefficient (Wildman–Crippen LogP) is 5.60. The first-order valence-electron chi connectivity index (χ1n) is 7.42. The summed E-state index contributed by atoms with van der Waals surface area (Å²) in [6.07, 6.45) is 4.38. The van der Waals surface area contributed by atoms with Crippen molar-refractivity contribution in [3.63, 3.8) is 0 Å². The highest BCUT2D eigenvalue weighted by atomic mass is 35.5. The van der Waals surface area contributed by atoms with Crippen LogP contribution in [0.1, 0.15) is 42.7 Å². The van der Waals surface area contributed by atoms with E-state index in [0.29, 0.717) is 6.04 Å². The molecule has 114 valence electrons. The zero-order valence-electron chi connectivity index (χ0n) is 12.2. The van der Waals surface area contributed by atoms with Gasteiger partial charge in [-0.05, 0) is 42.7 Å². The van der Waals surface area contributed by atoms with E-state index in [1.165, 1.54) is 29.9 Å². The largest absolute Gasteiger partial charge is 0.310 e. The number of nitrogens with one attached hydrogen (secondary N) is 1. The average Bonchev–Trinajstić information content (AvgIpc) is 2.89. The molecular formula is C17H21ClFNS. The second-order valence-corrected chi connectivity index (χ2v) is 6.96.